The van der Waals surface area contributed by atoms with E-state index in [0.29, 0.717) is 13.2 Å². The molecule has 2 aliphatic rings. The molecule has 4 heteroatoms. The largest absolute Gasteiger partial charge is 0.493 e. The van der Waals surface area contributed by atoms with Crippen LogP contribution in [0, 0.1) is 5.41 Å². The van der Waals surface area contributed by atoms with E-state index in [4.69, 9.17) is 10.5 Å². The van der Waals surface area contributed by atoms with Crippen LogP contribution in [0.3, 0.4) is 0 Å². The number of nitrogens with two attached hydrogens (primary N) is 1. The summed E-state index contributed by atoms with van der Waals surface area (Å²) in [5, 5.41) is 11.2. The molecule has 2 aliphatic heterocycles. The van der Waals surface area contributed by atoms with Gasteiger partial charge in [0.2, 0.25) is 0 Å². The quantitative estimate of drug-likeness (QED) is 0.847. The lowest BCUT2D eigenvalue weighted by Gasteiger charge is -2.51. The molecule has 1 atom stereocenters. The van der Waals surface area contributed by atoms with Crippen molar-refractivity contribution in [3.05, 3.63) is 29.8 Å². The van der Waals surface area contributed by atoms with E-state index >= 15 is 0 Å². The van der Waals surface area contributed by atoms with E-state index in [-0.39, 0.29) is 5.41 Å². The first kappa shape index (κ1) is 13.9. The minimum absolute atomic E-state index is 0.359. The first-order valence-electron chi connectivity index (χ1n) is 7.40. The summed E-state index contributed by atoms with van der Waals surface area (Å²) in [4.78, 5) is 2.26. The van der Waals surface area contributed by atoms with E-state index in [2.05, 4.69) is 18.0 Å². The van der Waals surface area contributed by atoms with Gasteiger partial charge in [-0.05, 0) is 37.9 Å². The molecule has 110 valence electrons. The van der Waals surface area contributed by atoms with Crippen molar-refractivity contribution in [2.45, 2.75) is 24.9 Å². The van der Waals surface area contributed by atoms with E-state index in [9.17, 15) is 5.11 Å². The molecule has 20 heavy (non-hydrogen) atoms. The summed E-state index contributed by atoms with van der Waals surface area (Å²) in [6.45, 7) is 2.81. The van der Waals surface area contributed by atoms with Gasteiger partial charge in [0.25, 0.3) is 0 Å². The van der Waals surface area contributed by atoms with Crippen molar-refractivity contribution in [3.63, 3.8) is 0 Å². The predicted octanol–water partition coefficient (Wildman–Crippen LogP) is 1.02. The third kappa shape index (κ3) is 2.12. The maximum atomic E-state index is 11.2. The fourth-order valence-corrected chi connectivity index (χ4v) is 3.56. The van der Waals surface area contributed by atoms with Gasteiger partial charge in [-0.25, -0.2) is 0 Å². The Kier molecular flexibility index (Phi) is 3.48. The van der Waals surface area contributed by atoms with Crippen LogP contribution in [0.25, 0.3) is 0 Å². The molecule has 4 nitrogen and oxygen atoms in total. The fourth-order valence-electron chi connectivity index (χ4n) is 3.56. The second-order valence-electron chi connectivity index (χ2n) is 6.39. The Labute approximate surface area is 120 Å². The molecule has 0 aromatic heterocycles. The van der Waals surface area contributed by atoms with Gasteiger partial charge in [0, 0.05) is 25.0 Å². The molecular formula is C16H24N2O2. The molecular weight excluding hydrogens is 252 g/mol. The Bertz CT molecular complexity index is 483. The number of nitrogens with zero attached hydrogens (tertiary/aromatic N) is 1. The number of hydrogen-bond acceptors (Lipinski definition) is 4. The molecule has 0 radical (unpaired) electrons. The Morgan fingerprint density at radius 1 is 1.30 bits per heavy atom. The van der Waals surface area contributed by atoms with Crippen molar-refractivity contribution in [2.24, 2.45) is 11.1 Å². The van der Waals surface area contributed by atoms with Crippen LogP contribution in [0.4, 0.5) is 0 Å². The van der Waals surface area contributed by atoms with Crippen LogP contribution in [-0.4, -0.2) is 48.9 Å². The van der Waals surface area contributed by atoms with Crippen molar-refractivity contribution >= 4 is 0 Å². The van der Waals surface area contributed by atoms with Crippen LogP contribution in [0.15, 0.2) is 24.3 Å². The predicted molar refractivity (Wildman–Crippen MR) is 78.8 cm³/mol. The first-order valence-corrected chi connectivity index (χ1v) is 7.40. The van der Waals surface area contributed by atoms with Crippen molar-refractivity contribution < 1.29 is 9.84 Å². The number of rotatable bonds is 2. The van der Waals surface area contributed by atoms with Crippen LogP contribution in [-0.2, 0) is 6.42 Å². The summed E-state index contributed by atoms with van der Waals surface area (Å²) in [6.07, 6.45) is 2.35. The lowest BCUT2D eigenvalue weighted by atomic mass is 9.63. The molecule has 0 bridgehead atoms. The summed E-state index contributed by atoms with van der Waals surface area (Å²) in [7, 11) is 2.10. The SMILES string of the molecule is CN1CCC(O)(C2(CN)COc3ccccc3C2)CC1. The van der Waals surface area contributed by atoms with Crippen LogP contribution < -0.4 is 10.5 Å². The van der Waals surface area contributed by atoms with Gasteiger partial charge >= 0.3 is 0 Å². The second kappa shape index (κ2) is 5.02. The number of aliphatic hydroxyl groups is 1. The number of benzene rings is 1. The second-order valence-corrected chi connectivity index (χ2v) is 6.39. The third-order valence-electron chi connectivity index (χ3n) is 5.20. The Hall–Kier alpha value is -1.10. The van der Waals surface area contributed by atoms with Crippen molar-refractivity contribution in [1.82, 2.24) is 4.90 Å². The highest BCUT2D eigenvalue weighted by Crippen LogP contribution is 2.45. The van der Waals surface area contributed by atoms with Gasteiger partial charge in [0.1, 0.15) is 5.75 Å². The number of fused-ring (bicyclic) bond motifs is 1. The first-order chi connectivity index (χ1) is 9.59. The molecule has 0 spiro atoms. The highest BCUT2D eigenvalue weighted by molar-refractivity contribution is 5.37. The summed E-state index contributed by atoms with van der Waals surface area (Å²) >= 11 is 0. The fraction of sp³-hybridized carbons (Fsp3) is 0.625. The van der Waals surface area contributed by atoms with Crippen LogP contribution in [0.1, 0.15) is 18.4 Å². The molecule has 1 aromatic rings. The van der Waals surface area contributed by atoms with Gasteiger partial charge in [0.05, 0.1) is 12.2 Å². The number of hydrogen-bond donors (Lipinski definition) is 2. The topological polar surface area (TPSA) is 58.7 Å². The average Bonchev–Trinajstić information content (AvgIpc) is 2.49. The number of likely N-dealkylation sites (tertiary alicyclic amines) is 1. The summed E-state index contributed by atoms with van der Waals surface area (Å²) in [6, 6.07) is 8.08. The zero-order valence-corrected chi connectivity index (χ0v) is 12.1. The minimum Gasteiger partial charge on any atom is -0.493 e. The van der Waals surface area contributed by atoms with E-state index in [1.807, 2.05) is 18.2 Å². The van der Waals surface area contributed by atoms with E-state index < -0.39 is 5.60 Å². The molecule has 3 rings (SSSR count). The molecule has 1 saturated heterocycles. The summed E-state index contributed by atoms with van der Waals surface area (Å²) < 4.78 is 5.92. The monoisotopic (exact) mass is 276 g/mol. The van der Waals surface area contributed by atoms with Crippen LogP contribution in [0.5, 0.6) is 5.75 Å². The Balaban J connectivity index is 1.90. The molecule has 2 heterocycles. The van der Waals surface area contributed by atoms with Gasteiger partial charge in [-0.1, -0.05) is 18.2 Å². The Morgan fingerprint density at radius 2 is 2.00 bits per heavy atom. The molecule has 1 aromatic carbocycles. The lowest BCUT2D eigenvalue weighted by molar-refractivity contribution is -0.135. The minimum atomic E-state index is -0.720. The molecule has 1 fully saturated rings. The Morgan fingerprint density at radius 3 is 2.70 bits per heavy atom. The normalized spacial score (nSPS) is 29.6. The molecule has 0 saturated carbocycles. The van der Waals surface area contributed by atoms with Crippen LogP contribution in [0.2, 0.25) is 0 Å². The summed E-state index contributed by atoms with van der Waals surface area (Å²) in [5.74, 6) is 0.938. The highest BCUT2D eigenvalue weighted by Gasteiger charge is 2.52. The maximum absolute atomic E-state index is 11.2. The van der Waals surface area contributed by atoms with Crippen molar-refractivity contribution in [1.29, 1.82) is 0 Å². The smallest absolute Gasteiger partial charge is 0.122 e. The van der Waals surface area contributed by atoms with E-state index in [1.54, 1.807) is 0 Å². The van der Waals surface area contributed by atoms with Crippen molar-refractivity contribution in [2.75, 3.05) is 33.3 Å². The third-order valence-corrected chi connectivity index (χ3v) is 5.20. The lowest BCUT2D eigenvalue weighted by Crippen LogP contribution is -2.61. The maximum Gasteiger partial charge on any atom is 0.122 e. The van der Waals surface area contributed by atoms with Gasteiger partial charge in [-0.3, -0.25) is 0 Å². The molecule has 1 unspecified atom stereocenters. The standard InChI is InChI=1S/C16H24N2O2/c1-18-8-6-16(19,7-9-18)15(11-17)10-13-4-2-3-5-14(13)20-12-15/h2-5,19H,6-12,17H2,1H3. The van der Waals surface area contributed by atoms with Gasteiger partial charge in [0.15, 0.2) is 0 Å². The molecule has 0 aliphatic carbocycles. The average molecular weight is 276 g/mol. The zero-order valence-electron chi connectivity index (χ0n) is 12.1. The van der Waals surface area contributed by atoms with Gasteiger partial charge in [-0.2, -0.15) is 0 Å². The van der Waals surface area contributed by atoms with Gasteiger partial charge in [-0.15, -0.1) is 0 Å². The van der Waals surface area contributed by atoms with E-state index in [0.717, 1.165) is 43.7 Å². The number of ether oxygens (including phenoxy) is 1. The number of piperidine rings is 1. The molecule has 3 N–H and O–H groups in total. The highest BCUT2D eigenvalue weighted by atomic mass is 16.5. The van der Waals surface area contributed by atoms with E-state index in [1.165, 1.54) is 0 Å². The van der Waals surface area contributed by atoms with Crippen LogP contribution >= 0.6 is 0 Å². The van der Waals surface area contributed by atoms with Gasteiger partial charge < -0.3 is 20.5 Å². The molecule has 0 amide bonds. The number of para-hydroxylation sites is 1. The summed E-state index contributed by atoms with van der Waals surface area (Å²) in [5.41, 5.74) is 6.18. The van der Waals surface area contributed by atoms with Crippen molar-refractivity contribution in [3.8, 4) is 5.75 Å². The zero-order chi connectivity index (χ0) is 14.2.